The Morgan fingerprint density at radius 1 is 1.46 bits per heavy atom. The lowest BCUT2D eigenvalue weighted by atomic mass is 9.84. The van der Waals surface area contributed by atoms with E-state index in [1.807, 2.05) is 0 Å². The molecular weight excluding hydrogens is 162 g/mol. The van der Waals surface area contributed by atoms with Gasteiger partial charge < -0.3 is 5.11 Å². The van der Waals surface area contributed by atoms with E-state index in [2.05, 4.69) is 32.6 Å². The second-order valence-electron chi connectivity index (χ2n) is 5.15. The van der Waals surface area contributed by atoms with Gasteiger partial charge in [-0.05, 0) is 46.5 Å². The van der Waals surface area contributed by atoms with Crippen molar-refractivity contribution in [2.45, 2.75) is 52.1 Å². The van der Waals surface area contributed by atoms with E-state index in [-0.39, 0.29) is 0 Å². The van der Waals surface area contributed by atoms with Gasteiger partial charge in [0.15, 0.2) is 0 Å². The predicted octanol–water partition coefficient (Wildman–Crippen LogP) is 1.88. The zero-order valence-corrected chi connectivity index (χ0v) is 9.38. The molecule has 0 aliphatic carbocycles. The van der Waals surface area contributed by atoms with Crippen molar-refractivity contribution in [3.05, 3.63) is 0 Å². The lowest BCUT2D eigenvalue weighted by Crippen LogP contribution is -2.53. The number of piperidine rings is 1. The van der Waals surface area contributed by atoms with Crippen LogP contribution in [0.2, 0.25) is 0 Å². The highest BCUT2D eigenvalue weighted by atomic mass is 16.3. The van der Waals surface area contributed by atoms with Crippen LogP contribution in [0.3, 0.4) is 0 Å². The molecule has 0 amide bonds. The summed E-state index contributed by atoms with van der Waals surface area (Å²) in [6.45, 7) is 10.5. The first kappa shape index (κ1) is 11.0. The van der Waals surface area contributed by atoms with E-state index in [0.717, 1.165) is 6.54 Å². The van der Waals surface area contributed by atoms with Crippen LogP contribution in [0.4, 0.5) is 0 Å². The van der Waals surface area contributed by atoms with Gasteiger partial charge >= 0.3 is 0 Å². The van der Waals surface area contributed by atoms with Gasteiger partial charge in [0.1, 0.15) is 0 Å². The SMILES string of the molecule is CC(C)N1CC(CO)CCC1(C)C. The van der Waals surface area contributed by atoms with Crippen molar-refractivity contribution in [2.75, 3.05) is 13.2 Å². The molecule has 1 heterocycles. The smallest absolute Gasteiger partial charge is 0.0471 e. The van der Waals surface area contributed by atoms with Crippen LogP contribution < -0.4 is 0 Å². The average Bonchev–Trinajstić information content (AvgIpc) is 2.03. The van der Waals surface area contributed by atoms with Crippen LogP contribution in [0, 0.1) is 5.92 Å². The van der Waals surface area contributed by atoms with Gasteiger partial charge in [-0.25, -0.2) is 0 Å². The van der Waals surface area contributed by atoms with E-state index in [1.165, 1.54) is 12.8 Å². The summed E-state index contributed by atoms with van der Waals surface area (Å²) in [5.41, 5.74) is 0.319. The molecule has 2 nitrogen and oxygen atoms in total. The third-order valence-electron chi connectivity index (χ3n) is 3.28. The molecule has 2 heteroatoms. The van der Waals surface area contributed by atoms with Crippen LogP contribution in [0.5, 0.6) is 0 Å². The fourth-order valence-electron chi connectivity index (χ4n) is 2.38. The molecule has 0 aromatic carbocycles. The van der Waals surface area contributed by atoms with Crippen LogP contribution in [0.15, 0.2) is 0 Å². The van der Waals surface area contributed by atoms with Gasteiger partial charge in [0, 0.05) is 24.7 Å². The molecule has 0 bridgehead atoms. The second-order valence-corrected chi connectivity index (χ2v) is 5.15. The molecule has 0 spiro atoms. The summed E-state index contributed by atoms with van der Waals surface area (Å²) < 4.78 is 0. The largest absolute Gasteiger partial charge is 0.396 e. The van der Waals surface area contributed by atoms with Gasteiger partial charge in [-0.15, -0.1) is 0 Å². The van der Waals surface area contributed by atoms with Crippen molar-refractivity contribution in [3.63, 3.8) is 0 Å². The minimum Gasteiger partial charge on any atom is -0.396 e. The molecular formula is C11H23NO. The molecule has 1 saturated heterocycles. The number of hydrogen-bond acceptors (Lipinski definition) is 2. The first-order valence-electron chi connectivity index (χ1n) is 5.35. The minimum absolute atomic E-state index is 0.319. The van der Waals surface area contributed by atoms with Gasteiger partial charge in [0.25, 0.3) is 0 Å². The van der Waals surface area contributed by atoms with Crippen LogP contribution in [-0.2, 0) is 0 Å². The third-order valence-corrected chi connectivity index (χ3v) is 3.28. The summed E-state index contributed by atoms with van der Waals surface area (Å²) in [6, 6.07) is 0.587. The highest BCUT2D eigenvalue weighted by Gasteiger charge is 2.34. The van der Waals surface area contributed by atoms with E-state index in [1.54, 1.807) is 0 Å². The maximum absolute atomic E-state index is 9.13. The number of hydrogen-bond donors (Lipinski definition) is 1. The molecule has 13 heavy (non-hydrogen) atoms. The van der Waals surface area contributed by atoms with Crippen LogP contribution in [0.1, 0.15) is 40.5 Å². The average molecular weight is 185 g/mol. The van der Waals surface area contributed by atoms with Gasteiger partial charge in [-0.3, -0.25) is 4.90 Å². The summed E-state index contributed by atoms with van der Waals surface area (Å²) in [6.07, 6.45) is 2.38. The zero-order valence-electron chi connectivity index (χ0n) is 9.38. The van der Waals surface area contributed by atoms with E-state index in [9.17, 15) is 0 Å². The van der Waals surface area contributed by atoms with Crippen LogP contribution >= 0.6 is 0 Å². The lowest BCUT2D eigenvalue weighted by molar-refractivity contribution is 0.00349. The summed E-state index contributed by atoms with van der Waals surface area (Å²) in [5, 5.41) is 9.13. The molecule has 78 valence electrons. The normalized spacial score (nSPS) is 29.5. The molecule has 1 unspecified atom stereocenters. The Kier molecular flexibility index (Phi) is 3.36. The molecule has 0 aromatic heterocycles. The Bertz CT molecular complexity index is 165. The molecule has 1 aliphatic heterocycles. The first-order chi connectivity index (χ1) is 5.97. The number of likely N-dealkylation sites (tertiary alicyclic amines) is 1. The zero-order chi connectivity index (χ0) is 10.1. The number of nitrogens with zero attached hydrogens (tertiary/aromatic N) is 1. The third kappa shape index (κ3) is 2.44. The van der Waals surface area contributed by atoms with Crippen molar-refractivity contribution >= 4 is 0 Å². The highest BCUT2D eigenvalue weighted by molar-refractivity contribution is 4.90. The number of aliphatic hydroxyl groups is 1. The van der Waals surface area contributed by atoms with Crippen molar-refractivity contribution < 1.29 is 5.11 Å². The predicted molar refractivity (Wildman–Crippen MR) is 55.7 cm³/mol. The molecule has 0 saturated carbocycles. The monoisotopic (exact) mass is 185 g/mol. The Labute approximate surface area is 81.9 Å². The Hall–Kier alpha value is -0.0800. The maximum atomic E-state index is 9.13. The molecule has 1 rings (SSSR count). The lowest BCUT2D eigenvalue weighted by Gasteiger charge is -2.47. The van der Waals surface area contributed by atoms with E-state index in [0.29, 0.717) is 24.1 Å². The summed E-state index contributed by atoms with van der Waals surface area (Å²) >= 11 is 0. The van der Waals surface area contributed by atoms with E-state index < -0.39 is 0 Å². The quantitative estimate of drug-likeness (QED) is 0.710. The number of aliphatic hydroxyl groups excluding tert-OH is 1. The molecule has 1 N–H and O–H groups in total. The molecule has 0 aromatic rings. The fraction of sp³-hybridized carbons (Fsp3) is 1.00. The topological polar surface area (TPSA) is 23.5 Å². The van der Waals surface area contributed by atoms with Gasteiger partial charge in [0.2, 0.25) is 0 Å². The van der Waals surface area contributed by atoms with Crippen molar-refractivity contribution in [1.82, 2.24) is 4.90 Å². The standard InChI is InChI=1S/C11H23NO/c1-9(2)12-7-10(8-13)5-6-11(12,3)4/h9-10,13H,5-8H2,1-4H3. The first-order valence-corrected chi connectivity index (χ1v) is 5.35. The Morgan fingerprint density at radius 3 is 2.54 bits per heavy atom. The summed E-state index contributed by atoms with van der Waals surface area (Å²) in [4.78, 5) is 2.51. The van der Waals surface area contributed by atoms with Crippen molar-refractivity contribution in [3.8, 4) is 0 Å². The Morgan fingerprint density at radius 2 is 2.08 bits per heavy atom. The van der Waals surface area contributed by atoms with Gasteiger partial charge in [-0.2, -0.15) is 0 Å². The minimum atomic E-state index is 0.319. The summed E-state index contributed by atoms with van der Waals surface area (Å²) in [5.74, 6) is 0.496. The molecule has 1 fully saturated rings. The van der Waals surface area contributed by atoms with Crippen molar-refractivity contribution in [1.29, 1.82) is 0 Å². The van der Waals surface area contributed by atoms with Crippen LogP contribution in [-0.4, -0.2) is 34.7 Å². The van der Waals surface area contributed by atoms with Gasteiger partial charge in [0.05, 0.1) is 0 Å². The fourth-order valence-corrected chi connectivity index (χ4v) is 2.38. The molecule has 1 aliphatic rings. The second kappa shape index (κ2) is 3.97. The highest BCUT2D eigenvalue weighted by Crippen LogP contribution is 2.31. The van der Waals surface area contributed by atoms with Crippen LogP contribution in [0.25, 0.3) is 0 Å². The van der Waals surface area contributed by atoms with Crippen molar-refractivity contribution in [2.24, 2.45) is 5.92 Å². The van der Waals surface area contributed by atoms with E-state index >= 15 is 0 Å². The molecule has 0 radical (unpaired) electrons. The van der Waals surface area contributed by atoms with E-state index in [4.69, 9.17) is 5.11 Å². The summed E-state index contributed by atoms with van der Waals surface area (Å²) in [7, 11) is 0. The maximum Gasteiger partial charge on any atom is 0.0471 e. The number of rotatable bonds is 2. The van der Waals surface area contributed by atoms with Gasteiger partial charge in [-0.1, -0.05) is 0 Å². The Balaban J connectivity index is 2.64. The molecule has 1 atom stereocenters.